The largest absolute Gasteiger partial charge is 0.493 e. The molecule has 5 rings (SSSR count). The topological polar surface area (TPSA) is 120 Å². The standard InChI is InChI=1S/C25H22ClF3N6O5/c26-16-8-4-5-9-17(16)34-19-20(37)31-23(39)33(14-18(36)15-6-2-1-3-7-15)21(19)35(40-22(38)25(27,28)29)24(34)32-12-10-30-11-13-32/h1-9,24,30H,10-14H2,(H,31,37,39). The van der Waals surface area contributed by atoms with Crippen LogP contribution in [0.15, 0.2) is 64.2 Å². The quantitative estimate of drug-likeness (QED) is 0.424. The van der Waals surface area contributed by atoms with Crippen LogP contribution in [0.4, 0.5) is 30.4 Å². The summed E-state index contributed by atoms with van der Waals surface area (Å²) in [5.74, 6) is -3.65. The molecule has 1 unspecified atom stereocenters. The zero-order valence-electron chi connectivity index (χ0n) is 20.7. The lowest BCUT2D eigenvalue weighted by atomic mass is 10.1. The number of carbonyl (C=O) groups is 2. The molecule has 0 saturated carbocycles. The number of benzene rings is 2. The first-order valence-corrected chi connectivity index (χ1v) is 12.5. The fourth-order valence-corrected chi connectivity index (χ4v) is 4.90. The fourth-order valence-electron chi connectivity index (χ4n) is 4.67. The maximum Gasteiger partial charge on any atom is 0.493 e. The molecule has 1 saturated heterocycles. The van der Waals surface area contributed by atoms with E-state index in [-0.39, 0.29) is 35.1 Å². The molecule has 0 amide bonds. The molecule has 210 valence electrons. The molecule has 2 N–H and O–H groups in total. The number of nitrogens with zero attached hydrogens (tertiary/aromatic N) is 4. The van der Waals surface area contributed by atoms with Crippen LogP contribution < -0.4 is 26.5 Å². The highest BCUT2D eigenvalue weighted by molar-refractivity contribution is 6.33. The molecule has 1 aromatic heterocycles. The monoisotopic (exact) mass is 578 g/mol. The number of hydrogen-bond acceptors (Lipinski definition) is 9. The van der Waals surface area contributed by atoms with Crippen molar-refractivity contribution in [1.29, 1.82) is 0 Å². The lowest BCUT2D eigenvalue weighted by Crippen LogP contribution is -2.60. The minimum atomic E-state index is -5.40. The third kappa shape index (κ3) is 5.08. The Bertz CT molecular complexity index is 1550. The number of aromatic nitrogens is 2. The smallest absolute Gasteiger partial charge is 0.327 e. The van der Waals surface area contributed by atoms with E-state index in [1.165, 1.54) is 29.2 Å². The van der Waals surface area contributed by atoms with Gasteiger partial charge in [0.25, 0.3) is 5.56 Å². The van der Waals surface area contributed by atoms with Crippen molar-refractivity contribution >= 4 is 40.5 Å². The summed E-state index contributed by atoms with van der Waals surface area (Å²) in [7, 11) is 0. The molecule has 1 atom stereocenters. The van der Waals surface area contributed by atoms with Crippen molar-refractivity contribution in [2.75, 3.05) is 36.1 Å². The van der Waals surface area contributed by atoms with Crippen LogP contribution in [0.1, 0.15) is 10.4 Å². The highest BCUT2D eigenvalue weighted by Crippen LogP contribution is 2.45. The van der Waals surface area contributed by atoms with Crippen molar-refractivity contribution in [3.63, 3.8) is 0 Å². The maximum absolute atomic E-state index is 13.5. The average molecular weight is 579 g/mol. The Kier molecular flexibility index (Phi) is 7.40. The number of hydroxylamine groups is 1. The molecule has 2 aliphatic rings. The number of aromatic amines is 1. The van der Waals surface area contributed by atoms with E-state index in [4.69, 9.17) is 16.4 Å². The molecule has 2 aromatic carbocycles. The van der Waals surface area contributed by atoms with Gasteiger partial charge in [-0.2, -0.15) is 13.2 Å². The molecular formula is C25H22ClF3N6O5. The van der Waals surface area contributed by atoms with Crippen LogP contribution in [-0.2, 0) is 16.2 Å². The summed E-state index contributed by atoms with van der Waals surface area (Å²) in [5.41, 5.74) is -1.97. The number of hydrogen-bond donors (Lipinski definition) is 2. The minimum absolute atomic E-state index is 0.134. The number of fused-ring (bicyclic) bond motifs is 1. The van der Waals surface area contributed by atoms with Gasteiger partial charge in [0.05, 0.1) is 17.3 Å². The van der Waals surface area contributed by atoms with Crippen LogP contribution in [-0.4, -0.2) is 64.8 Å². The van der Waals surface area contributed by atoms with E-state index in [0.29, 0.717) is 18.2 Å². The van der Waals surface area contributed by atoms with Gasteiger partial charge in [0.1, 0.15) is 0 Å². The van der Waals surface area contributed by atoms with Crippen LogP contribution in [0, 0.1) is 0 Å². The molecule has 0 bridgehead atoms. The van der Waals surface area contributed by atoms with Crippen LogP contribution in [0.5, 0.6) is 0 Å². The molecule has 0 aliphatic carbocycles. The summed E-state index contributed by atoms with van der Waals surface area (Å²) >= 11 is 6.48. The highest BCUT2D eigenvalue weighted by atomic mass is 35.5. The number of carbonyl (C=O) groups excluding carboxylic acids is 2. The number of H-pyrrole nitrogens is 1. The Morgan fingerprint density at radius 2 is 1.65 bits per heavy atom. The molecular weight excluding hydrogens is 557 g/mol. The van der Waals surface area contributed by atoms with Gasteiger partial charge in [0, 0.05) is 31.7 Å². The van der Waals surface area contributed by atoms with E-state index in [1.54, 1.807) is 35.2 Å². The molecule has 0 radical (unpaired) electrons. The Morgan fingerprint density at radius 3 is 2.30 bits per heavy atom. The molecule has 1 fully saturated rings. The third-order valence-electron chi connectivity index (χ3n) is 6.44. The van der Waals surface area contributed by atoms with Gasteiger partial charge in [-0.1, -0.05) is 54.1 Å². The van der Waals surface area contributed by atoms with E-state index < -0.39 is 47.8 Å². The minimum Gasteiger partial charge on any atom is -0.327 e. The fraction of sp³-hybridized carbons (Fsp3) is 0.280. The number of piperazine rings is 1. The van der Waals surface area contributed by atoms with Crippen molar-refractivity contribution < 1.29 is 27.6 Å². The summed E-state index contributed by atoms with van der Waals surface area (Å²) in [6.07, 6.45) is -6.76. The van der Waals surface area contributed by atoms with Gasteiger partial charge in [0.15, 0.2) is 17.3 Å². The van der Waals surface area contributed by atoms with E-state index in [2.05, 4.69) is 10.3 Å². The molecule has 3 heterocycles. The first-order valence-electron chi connectivity index (χ1n) is 12.1. The lowest BCUT2D eigenvalue weighted by molar-refractivity contribution is -0.203. The van der Waals surface area contributed by atoms with Crippen molar-refractivity contribution in [2.24, 2.45) is 0 Å². The average Bonchev–Trinajstić information content (AvgIpc) is 3.26. The second kappa shape index (κ2) is 10.8. The number of alkyl halides is 3. The zero-order chi connectivity index (χ0) is 28.6. The van der Waals surface area contributed by atoms with E-state index in [9.17, 15) is 32.3 Å². The van der Waals surface area contributed by atoms with Crippen LogP contribution in [0.2, 0.25) is 5.02 Å². The Labute approximate surface area is 229 Å². The summed E-state index contributed by atoms with van der Waals surface area (Å²) in [5, 5.41) is 3.82. The maximum atomic E-state index is 13.5. The second-order valence-electron chi connectivity index (χ2n) is 8.96. The van der Waals surface area contributed by atoms with Crippen molar-refractivity contribution in [2.45, 2.75) is 19.0 Å². The molecule has 3 aromatic rings. The predicted octanol–water partition coefficient (Wildman–Crippen LogP) is 2.24. The van der Waals surface area contributed by atoms with Gasteiger partial charge < -0.3 is 10.2 Å². The van der Waals surface area contributed by atoms with Crippen LogP contribution in [0.25, 0.3) is 0 Å². The Hall–Kier alpha value is -4.14. The van der Waals surface area contributed by atoms with Gasteiger partial charge in [-0.3, -0.25) is 28.9 Å². The highest BCUT2D eigenvalue weighted by Gasteiger charge is 2.51. The van der Waals surface area contributed by atoms with Gasteiger partial charge in [-0.15, -0.1) is 5.06 Å². The molecule has 2 aliphatic heterocycles. The summed E-state index contributed by atoms with van der Waals surface area (Å²) < 4.78 is 41.2. The van der Waals surface area contributed by atoms with Crippen molar-refractivity contribution in [3.05, 3.63) is 86.0 Å². The predicted molar refractivity (Wildman–Crippen MR) is 139 cm³/mol. The normalized spacial score (nSPS) is 17.6. The Balaban J connectivity index is 1.75. The van der Waals surface area contributed by atoms with E-state index in [1.807, 2.05) is 0 Å². The number of para-hydroxylation sites is 1. The molecule has 11 nitrogen and oxygen atoms in total. The van der Waals surface area contributed by atoms with E-state index in [0.717, 1.165) is 4.57 Å². The number of anilines is 3. The van der Waals surface area contributed by atoms with Gasteiger partial charge >= 0.3 is 17.8 Å². The third-order valence-corrected chi connectivity index (χ3v) is 6.76. The molecule has 15 heteroatoms. The summed E-state index contributed by atoms with van der Waals surface area (Å²) in [6, 6.07) is 14.1. The summed E-state index contributed by atoms with van der Waals surface area (Å²) in [4.78, 5) is 61.7. The van der Waals surface area contributed by atoms with Gasteiger partial charge in [0.2, 0.25) is 6.29 Å². The number of nitrogens with one attached hydrogen (secondary N) is 2. The van der Waals surface area contributed by atoms with Crippen molar-refractivity contribution in [3.8, 4) is 0 Å². The van der Waals surface area contributed by atoms with Crippen LogP contribution >= 0.6 is 11.6 Å². The van der Waals surface area contributed by atoms with E-state index >= 15 is 0 Å². The lowest BCUT2D eigenvalue weighted by Gasteiger charge is -2.41. The Morgan fingerprint density at radius 1 is 1.00 bits per heavy atom. The number of halogens is 4. The first-order chi connectivity index (χ1) is 19.1. The zero-order valence-corrected chi connectivity index (χ0v) is 21.4. The SMILES string of the molecule is O=C(Cn1c2c(c(=O)[nH]c1=O)N(c1ccccc1Cl)C(N1CCNCC1)N2OC(=O)C(F)(F)F)c1ccccc1. The molecule has 0 spiro atoms. The second-order valence-corrected chi connectivity index (χ2v) is 9.37. The van der Waals surface area contributed by atoms with Crippen molar-refractivity contribution in [1.82, 2.24) is 19.8 Å². The van der Waals surface area contributed by atoms with Gasteiger partial charge in [-0.05, 0) is 12.1 Å². The number of rotatable bonds is 6. The summed E-state index contributed by atoms with van der Waals surface area (Å²) in [6.45, 7) is 0.724. The molecule has 40 heavy (non-hydrogen) atoms. The van der Waals surface area contributed by atoms with Gasteiger partial charge in [-0.25, -0.2) is 9.59 Å². The number of Topliss-reactive ketones (excluding diaryl/α,β-unsaturated/α-hetero) is 1. The van der Waals surface area contributed by atoms with Crippen LogP contribution in [0.3, 0.4) is 0 Å². The first kappa shape index (κ1) is 27.4. The number of ketones is 1.